The molecule has 1 saturated heterocycles. The fraction of sp³-hybridized carbons (Fsp3) is 0.667. The number of hydrogen-bond acceptors (Lipinski definition) is 2. The van der Waals surface area contributed by atoms with Crippen LogP contribution in [-0.2, 0) is 11.2 Å². The summed E-state index contributed by atoms with van der Waals surface area (Å²) in [5.41, 5.74) is 1.42. The van der Waals surface area contributed by atoms with Crippen LogP contribution in [0.15, 0.2) is 30.3 Å². The van der Waals surface area contributed by atoms with E-state index in [-0.39, 0.29) is 5.54 Å². The summed E-state index contributed by atoms with van der Waals surface area (Å²) >= 11 is 0. The van der Waals surface area contributed by atoms with Crippen LogP contribution < -0.4 is 0 Å². The predicted octanol–water partition coefficient (Wildman–Crippen LogP) is 3.87. The highest BCUT2D eigenvalue weighted by atomic mass is 16.2. The van der Waals surface area contributed by atoms with Crippen LogP contribution in [0.1, 0.15) is 57.4 Å². The third-order valence-electron chi connectivity index (χ3n) is 6.26. The maximum absolute atomic E-state index is 13.1. The average Bonchev–Trinajstić information content (AvgIpc) is 2.99. The van der Waals surface area contributed by atoms with Crippen LogP contribution in [0.2, 0.25) is 0 Å². The van der Waals surface area contributed by atoms with E-state index in [1.165, 1.54) is 44.1 Å². The standard InChI is InChI=1S/C21H32N2O/c1-3-22(2)19-16-21(14-8-5-9-15-21)23(17-19)20(24)13-12-18-10-6-4-7-11-18/h4,6-7,10-11,19H,3,5,8-9,12-17H2,1-2H3. The Bertz CT molecular complexity index is 536. The van der Waals surface area contributed by atoms with Crippen LogP contribution in [0.25, 0.3) is 0 Å². The molecule has 1 spiro atoms. The van der Waals surface area contributed by atoms with Crippen molar-refractivity contribution >= 4 is 5.91 Å². The number of nitrogens with zero attached hydrogens (tertiary/aromatic N) is 2. The zero-order valence-corrected chi connectivity index (χ0v) is 15.3. The third kappa shape index (κ3) is 3.66. The maximum atomic E-state index is 13.1. The lowest BCUT2D eigenvalue weighted by molar-refractivity contribution is -0.136. The van der Waals surface area contributed by atoms with Crippen molar-refractivity contribution in [2.24, 2.45) is 0 Å². The Morgan fingerprint density at radius 1 is 1.21 bits per heavy atom. The van der Waals surface area contributed by atoms with E-state index in [1.54, 1.807) is 0 Å². The summed E-state index contributed by atoms with van der Waals surface area (Å²) in [6.07, 6.45) is 9.00. The minimum absolute atomic E-state index is 0.153. The number of hydrogen-bond donors (Lipinski definition) is 0. The first-order valence-corrected chi connectivity index (χ1v) is 9.69. The number of likely N-dealkylation sites (N-methyl/N-ethyl adjacent to an activating group) is 1. The molecule has 3 heteroatoms. The van der Waals surface area contributed by atoms with Crippen molar-refractivity contribution < 1.29 is 4.79 Å². The van der Waals surface area contributed by atoms with Gasteiger partial charge in [-0.3, -0.25) is 4.79 Å². The molecular formula is C21H32N2O. The lowest BCUT2D eigenvalue weighted by Crippen LogP contribution is -2.48. The van der Waals surface area contributed by atoms with Gasteiger partial charge in [0, 0.05) is 24.5 Å². The zero-order valence-electron chi connectivity index (χ0n) is 15.3. The molecule has 24 heavy (non-hydrogen) atoms. The van der Waals surface area contributed by atoms with Crippen LogP contribution in [0.3, 0.4) is 0 Å². The molecule has 1 unspecified atom stereocenters. The molecule has 0 bridgehead atoms. The second-order valence-electron chi connectivity index (χ2n) is 7.71. The lowest BCUT2D eigenvalue weighted by Gasteiger charge is -2.41. The summed E-state index contributed by atoms with van der Waals surface area (Å²) in [5.74, 6) is 0.368. The Labute approximate surface area is 147 Å². The van der Waals surface area contributed by atoms with E-state index in [1.807, 2.05) is 6.07 Å². The molecule has 0 N–H and O–H groups in total. The van der Waals surface area contributed by atoms with E-state index in [9.17, 15) is 4.79 Å². The Morgan fingerprint density at radius 3 is 2.58 bits per heavy atom. The molecule has 0 aromatic heterocycles. The van der Waals surface area contributed by atoms with Gasteiger partial charge in [-0.25, -0.2) is 0 Å². The van der Waals surface area contributed by atoms with Gasteiger partial charge >= 0.3 is 0 Å². The van der Waals surface area contributed by atoms with Crippen LogP contribution in [0.5, 0.6) is 0 Å². The molecule has 3 nitrogen and oxygen atoms in total. The fourth-order valence-corrected chi connectivity index (χ4v) is 4.65. The van der Waals surface area contributed by atoms with Crippen molar-refractivity contribution in [2.45, 2.75) is 69.9 Å². The molecule has 132 valence electrons. The molecule has 3 rings (SSSR count). The number of carbonyl (C=O) groups excluding carboxylic acids is 1. The molecule has 0 radical (unpaired) electrons. The molecule has 1 aliphatic carbocycles. The van der Waals surface area contributed by atoms with E-state index < -0.39 is 0 Å². The first-order chi connectivity index (χ1) is 11.6. The smallest absolute Gasteiger partial charge is 0.223 e. The minimum atomic E-state index is 0.153. The summed E-state index contributed by atoms with van der Waals surface area (Å²) in [4.78, 5) is 17.8. The maximum Gasteiger partial charge on any atom is 0.223 e. The monoisotopic (exact) mass is 328 g/mol. The van der Waals surface area contributed by atoms with E-state index in [2.05, 4.69) is 48.0 Å². The Kier molecular flexibility index (Phi) is 5.60. The number of rotatable bonds is 5. The van der Waals surface area contributed by atoms with Gasteiger partial charge in [0.05, 0.1) is 0 Å². The van der Waals surface area contributed by atoms with Gasteiger partial charge in [-0.15, -0.1) is 0 Å². The van der Waals surface area contributed by atoms with Crippen molar-refractivity contribution in [2.75, 3.05) is 20.1 Å². The largest absolute Gasteiger partial charge is 0.335 e. The van der Waals surface area contributed by atoms with Crippen molar-refractivity contribution in [3.63, 3.8) is 0 Å². The second kappa shape index (κ2) is 7.69. The molecule has 1 aromatic rings. The molecule has 1 saturated carbocycles. The summed E-state index contributed by atoms with van der Waals surface area (Å²) in [7, 11) is 2.21. The number of benzene rings is 1. The first-order valence-electron chi connectivity index (χ1n) is 9.69. The summed E-state index contributed by atoms with van der Waals surface area (Å²) in [6, 6.07) is 10.9. The van der Waals surface area contributed by atoms with Crippen LogP contribution in [0, 0.1) is 0 Å². The molecule has 1 heterocycles. The summed E-state index contributed by atoms with van der Waals surface area (Å²) < 4.78 is 0. The zero-order chi connectivity index (χ0) is 17.0. The van der Waals surface area contributed by atoms with Gasteiger partial charge in [0.2, 0.25) is 5.91 Å². The van der Waals surface area contributed by atoms with Crippen LogP contribution in [0.4, 0.5) is 0 Å². The second-order valence-corrected chi connectivity index (χ2v) is 7.71. The number of carbonyl (C=O) groups is 1. The van der Waals surface area contributed by atoms with Gasteiger partial charge < -0.3 is 9.80 Å². The molecule has 1 amide bonds. The summed E-state index contributed by atoms with van der Waals surface area (Å²) in [5, 5.41) is 0. The lowest BCUT2D eigenvalue weighted by atomic mass is 9.79. The SMILES string of the molecule is CCN(C)C1CN(C(=O)CCc2ccccc2)C2(CCCCC2)C1. The highest BCUT2D eigenvalue weighted by molar-refractivity contribution is 5.78. The highest BCUT2D eigenvalue weighted by Gasteiger charge is 2.48. The van der Waals surface area contributed by atoms with Crippen LogP contribution >= 0.6 is 0 Å². The van der Waals surface area contributed by atoms with Gasteiger partial charge in [0.25, 0.3) is 0 Å². The van der Waals surface area contributed by atoms with E-state index >= 15 is 0 Å². The minimum Gasteiger partial charge on any atom is -0.335 e. The highest BCUT2D eigenvalue weighted by Crippen LogP contribution is 2.43. The molecule has 2 aliphatic rings. The van der Waals surface area contributed by atoms with Crippen molar-refractivity contribution in [1.29, 1.82) is 0 Å². The molecule has 2 fully saturated rings. The Hall–Kier alpha value is -1.35. The van der Waals surface area contributed by atoms with Gasteiger partial charge in [0.1, 0.15) is 0 Å². The molecular weight excluding hydrogens is 296 g/mol. The van der Waals surface area contributed by atoms with Crippen molar-refractivity contribution in [3.8, 4) is 0 Å². The molecule has 1 atom stereocenters. The Morgan fingerprint density at radius 2 is 1.92 bits per heavy atom. The van der Waals surface area contributed by atoms with Crippen molar-refractivity contribution in [3.05, 3.63) is 35.9 Å². The van der Waals surface area contributed by atoms with Gasteiger partial charge in [-0.1, -0.05) is 56.5 Å². The van der Waals surface area contributed by atoms with E-state index in [0.29, 0.717) is 18.4 Å². The first kappa shape index (κ1) is 17.5. The van der Waals surface area contributed by atoms with Crippen molar-refractivity contribution in [1.82, 2.24) is 9.80 Å². The average molecular weight is 329 g/mol. The molecule has 1 aliphatic heterocycles. The summed E-state index contributed by atoms with van der Waals surface area (Å²) in [6.45, 7) is 4.21. The third-order valence-corrected chi connectivity index (χ3v) is 6.26. The predicted molar refractivity (Wildman–Crippen MR) is 99.0 cm³/mol. The van der Waals surface area contributed by atoms with Gasteiger partial charge in [-0.2, -0.15) is 0 Å². The van der Waals surface area contributed by atoms with E-state index in [0.717, 1.165) is 19.5 Å². The van der Waals surface area contributed by atoms with Crippen LogP contribution in [-0.4, -0.2) is 47.4 Å². The number of aryl methyl sites for hydroxylation is 1. The van der Waals surface area contributed by atoms with Gasteiger partial charge in [0.15, 0.2) is 0 Å². The normalized spacial score (nSPS) is 23.1. The van der Waals surface area contributed by atoms with Gasteiger partial charge in [-0.05, 0) is 44.8 Å². The Balaban J connectivity index is 1.69. The molecule has 1 aromatic carbocycles. The quantitative estimate of drug-likeness (QED) is 0.819. The number of likely N-dealkylation sites (tertiary alicyclic amines) is 1. The van der Waals surface area contributed by atoms with E-state index in [4.69, 9.17) is 0 Å². The number of amides is 1. The fourth-order valence-electron chi connectivity index (χ4n) is 4.65. The topological polar surface area (TPSA) is 23.6 Å².